The Morgan fingerprint density at radius 2 is 2.21 bits per heavy atom. The van der Waals surface area contributed by atoms with Gasteiger partial charge in [0.05, 0.1) is 0 Å². The van der Waals surface area contributed by atoms with Gasteiger partial charge in [0.25, 0.3) is 10.0 Å². The van der Waals surface area contributed by atoms with Crippen LogP contribution in [0.1, 0.15) is 5.56 Å². The Bertz CT molecular complexity index is 682. The van der Waals surface area contributed by atoms with Crippen LogP contribution in [0.3, 0.4) is 0 Å². The summed E-state index contributed by atoms with van der Waals surface area (Å²) in [4.78, 5) is 0. The maximum absolute atomic E-state index is 12.1. The zero-order valence-electron chi connectivity index (χ0n) is 9.84. The highest BCUT2D eigenvalue weighted by atomic mass is 79.9. The van der Waals surface area contributed by atoms with Crippen molar-refractivity contribution in [1.29, 1.82) is 0 Å². The number of nitrogens with zero attached hydrogens (tertiary/aromatic N) is 3. The monoisotopic (exact) mass is 364 g/mol. The van der Waals surface area contributed by atoms with E-state index in [0.717, 1.165) is 5.56 Å². The minimum Gasteiger partial charge on any atom is -0.235 e. The van der Waals surface area contributed by atoms with E-state index in [9.17, 15) is 8.42 Å². The molecule has 9 heteroatoms. The van der Waals surface area contributed by atoms with E-state index in [1.54, 1.807) is 24.3 Å². The first-order valence-electron chi connectivity index (χ1n) is 5.19. The molecule has 6 nitrogen and oxygen atoms in total. The summed E-state index contributed by atoms with van der Waals surface area (Å²) < 4.78 is 28.1. The van der Waals surface area contributed by atoms with Crippen LogP contribution in [0.15, 0.2) is 33.9 Å². The second kappa shape index (κ2) is 5.58. The summed E-state index contributed by atoms with van der Waals surface area (Å²) in [5.41, 5.74) is 0.766. The molecule has 0 amide bonds. The Morgan fingerprint density at radius 3 is 2.79 bits per heavy atom. The number of halogens is 2. The van der Waals surface area contributed by atoms with Crippen molar-refractivity contribution in [2.24, 2.45) is 7.05 Å². The molecule has 0 fully saturated rings. The van der Waals surface area contributed by atoms with Crippen molar-refractivity contribution in [1.82, 2.24) is 19.7 Å². The highest BCUT2D eigenvalue weighted by Crippen LogP contribution is 2.18. The van der Waals surface area contributed by atoms with E-state index in [1.165, 1.54) is 11.7 Å². The summed E-state index contributed by atoms with van der Waals surface area (Å²) in [6.07, 6.45) is 0. The first kappa shape index (κ1) is 14.4. The fourth-order valence-electron chi connectivity index (χ4n) is 1.50. The van der Waals surface area contributed by atoms with Gasteiger partial charge in [-0.1, -0.05) is 28.9 Å². The third kappa shape index (κ3) is 3.33. The maximum atomic E-state index is 12.1. The molecule has 0 aliphatic rings. The lowest BCUT2D eigenvalue weighted by molar-refractivity contribution is 0.560. The van der Waals surface area contributed by atoms with Crippen LogP contribution < -0.4 is 4.72 Å². The van der Waals surface area contributed by atoms with Gasteiger partial charge >= 0.3 is 0 Å². The molecule has 1 aromatic heterocycles. The van der Waals surface area contributed by atoms with Crippen LogP contribution in [0.25, 0.3) is 0 Å². The number of hydrogen-bond acceptors (Lipinski definition) is 4. The minimum atomic E-state index is -3.69. The number of aryl methyl sites for hydroxylation is 1. The summed E-state index contributed by atoms with van der Waals surface area (Å²) in [6.45, 7) is 0.139. The van der Waals surface area contributed by atoms with Crippen molar-refractivity contribution < 1.29 is 8.42 Å². The second-order valence-electron chi connectivity index (χ2n) is 3.76. The van der Waals surface area contributed by atoms with Gasteiger partial charge in [0.2, 0.25) is 5.03 Å². The number of aromatic nitrogens is 3. The molecule has 0 spiro atoms. The van der Waals surface area contributed by atoms with Gasteiger partial charge in [0, 0.05) is 18.6 Å². The fraction of sp³-hybridized carbons (Fsp3) is 0.200. The third-order valence-electron chi connectivity index (χ3n) is 2.35. The van der Waals surface area contributed by atoms with Crippen molar-refractivity contribution >= 4 is 37.6 Å². The average Bonchev–Trinajstić information content (AvgIpc) is 2.67. The van der Waals surface area contributed by atoms with Crippen LogP contribution in [-0.4, -0.2) is 23.4 Å². The van der Waals surface area contributed by atoms with Crippen LogP contribution >= 0.6 is 27.5 Å². The van der Waals surface area contributed by atoms with Crippen molar-refractivity contribution in [2.75, 3.05) is 0 Å². The van der Waals surface area contributed by atoms with E-state index in [0.29, 0.717) is 5.02 Å². The number of nitrogens with one attached hydrogen (secondary N) is 1. The molecule has 0 atom stereocenters. The van der Waals surface area contributed by atoms with Gasteiger partial charge in [-0.2, -0.15) is 0 Å². The van der Waals surface area contributed by atoms with Gasteiger partial charge in [-0.05, 0) is 33.6 Å². The van der Waals surface area contributed by atoms with Gasteiger partial charge in [0.1, 0.15) is 0 Å². The molecule has 1 heterocycles. The van der Waals surface area contributed by atoms with Crippen LogP contribution in [0.2, 0.25) is 5.02 Å². The molecular formula is C10H10BrClN4O2S. The molecule has 0 aliphatic carbocycles. The lowest BCUT2D eigenvalue weighted by Gasteiger charge is -2.07. The maximum Gasteiger partial charge on any atom is 0.260 e. The molecular weight excluding hydrogens is 356 g/mol. The Kier molecular flexibility index (Phi) is 4.24. The minimum absolute atomic E-state index is 0.0190. The average molecular weight is 366 g/mol. The van der Waals surface area contributed by atoms with Crippen LogP contribution in [0.4, 0.5) is 0 Å². The van der Waals surface area contributed by atoms with Crippen LogP contribution in [-0.2, 0) is 23.6 Å². The van der Waals surface area contributed by atoms with Crippen molar-refractivity contribution in [3.8, 4) is 0 Å². The summed E-state index contributed by atoms with van der Waals surface area (Å²) in [7, 11) is -2.19. The van der Waals surface area contributed by atoms with Crippen molar-refractivity contribution in [3.63, 3.8) is 0 Å². The van der Waals surface area contributed by atoms with Gasteiger partial charge in [-0.3, -0.25) is 0 Å². The van der Waals surface area contributed by atoms with Crippen molar-refractivity contribution in [2.45, 2.75) is 11.6 Å². The zero-order chi connectivity index (χ0) is 14.0. The molecule has 19 heavy (non-hydrogen) atoms. The first-order chi connectivity index (χ1) is 8.90. The normalized spacial score (nSPS) is 11.7. The molecule has 0 saturated carbocycles. The third-order valence-corrected chi connectivity index (χ3v) is 4.87. The van der Waals surface area contributed by atoms with E-state index < -0.39 is 10.0 Å². The Labute approximate surface area is 123 Å². The largest absolute Gasteiger partial charge is 0.260 e. The topological polar surface area (TPSA) is 76.9 Å². The van der Waals surface area contributed by atoms with Gasteiger partial charge in [-0.15, -0.1) is 5.10 Å². The number of benzene rings is 1. The predicted octanol–water partition coefficient (Wildman–Crippen LogP) is 1.71. The van der Waals surface area contributed by atoms with E-state index in [1.807, 2.05) is 0 Å². The van der Waals surface area contributed by atoms with Crippen molar-refractivity contribution in [3.05, 3.63) is 39.5 Å². The molecule has 0 aliphatic heterocycles. The molecule has 1 aromatic carbocycles. The fourth-order valence-corrected chi connectivity index (χ4v) is 3.82. The Balaban J connectivity index is 2.19. The SMILES string of the molecule is Cn1nnc(Br)c1S(=O)(=O)NCc1cccc(Cl)c1. The molecule has 0 unspecified atom stereocenters. The second-order valence-corrected chi connectivity index (χ2v) is 6.63. The highest BCUT2D eigenvalue weighted by Gasteiger charge is 2.23. The summed E-state index contributed by atoms with van der Waals surface area (Å²) in [5, 5.41) is 7.81. The number of sulfonamides is 1. The van der Waals surface area contributed by atoms with E-state index in [-0.39, 0.29) is 16.2 Å². The summed E-state index contributed by atoms with van der Waals surface area (Å²) in [6, 6.07) is 6.96. The van der Waals surface area contributed by atoms with E-state index >= 15 is 0 Å². The molecule has 2 aromatic rings. The molecule has 0 radical (unpaired) electrons. The Morgan fingerprint density at radius 1 is 1.47 bits per heavy atom. The van der Waals surface area contributed by atoms with Gasteiger partial charge in [-0.25, -0.2) is 17.8 Å². The van der Waals surface area contributed by atoms with Crippen LogP contribution in [0.5, 0.6) is 0 Å². The standard InChI is InChI=1S/C10H10BrClN4O2S/c1-16-10(9(11)14-15-16)19(17,18)13-6-7-3-2-4-8(12)5-7/h2-5,13H,6H2,1H3. The molecule has 0 saturated heterocycles. The lowest BCUT2D eigenvalue weighted by Crippen LogP contribution is -2.25. The Hall–Kier alpha value is -0.960. The molecule has 0 bridgehead atoms. The molecule has 2 rings (SSSR count). The van der Waals surface area contributed by atoms with E-state index in [2.05, 4.69) is 31.0 Å². The number of hydrogen-bond donors (Lipinski definition) is 1. The highest BCUT2D eigenvalue weighted by molar-refractivity contribution is 9.10. The quantitative estimate of drug-likeness (QED) is 0.895. The summed E-state index contributed by atoms with van der Waals surface area (Å²) in [5.74, 6) is 0. The predicted molar refractivity (Wildman–Crippen MR) is 74.2 cm³/mol. The lowest BCUT2D eigenvalue weighted by atomic mass is 10.2. The summed E-state index contributed by atoms with van der Waals surface area (Å²) >= 11 is 8.89. The molecule has 102 valence electrons. The first-order valence-corrected chi connectivity index (χ1v) is 7.85. The van der Waals surface area contributed by atoms with E-state index in [4.69, 9.17) is 11.6 Å². The van der Waals surface area contributed by atoms with Gasteiger partial charge in [0.15, 0.2) is 4.60 Å². The number of rotatable bonds is 4. The molecule has 1 N–H and O–H groups in total. The van der Waals surface area contributed by atoms with Gasteiger partial charge < -0.3 is 0 Å². The smallest absolute Gasteiger partial charge is 0.235 e. The zero-order valence-corrected chi connectivity index (χ0v) is 13.0. The van der Waals surface area contributed by atoms with Crippen LogP contribution in [0, 0.1) is 0 Å².